The lowest BCUT2D eigenvalue weighted by Crippen LogP contribution is -2.45. The zero-order valence-electron chi connectivity index (χ0n) is 12.3. The van der Waals surface area contributed by atoms with Crippen LogP contribution < -0.4 is 5.32 Å². The number of rotatable bonds is 2. The van der Waals surface area contributed by atoms with Crippen LogP contribution in [0.5, 0.6) is 0 Å². The zero-order valence-corrected chi connectivity index (χ0v) is 12.3. The van der Waals surface area contributed by atoms with Crippen molar-refractivity contribution < 1.29 is 0 Å². The van der Waals surface area contributed by atoms with Gasteiger partial charge in [0.1, 0.15) is 5.82 Å². The van der Waals surface area contributed by atoms with Crippen molar-refractivity contribution in [2.24, 2.45) is 5.92 Å². The van der Waals surface area contributed by atoms with Crippen LogP contribution in [0.2, 0.25) is 0 Å². The Balaban J connectivity index is 2.16. The Labute approximate surface area is 115 Å². The van der Waals surface area contributed by atoms with Crippen LogP contribution in [-0.4, -0.2) is 22.6 Å². The molecular formula is C16H23N3. The molecule has 0 saturated carbocycles. The summed E-state index contributed by atoms with van der Waals surface area (Å²) in [5.41, 5.74) is 2.44. The monoisotopic (exact) mass is 257 g/mol. The number of aromatic nitrogens is 2. The number of hydrogen-bond acceptors (Lipinski definition) is 2. The summed E-state index contributed by atoms with van der Waals surface area (Å²) in [6.45, 7) is 11.3. The lowest BCUT2D eigenvalue weighted by atomic mass is 9.88. The van der Waals surface area contributed by atoms with E-state index < -0.39 is 0 Å². The van der Waals surface area contributed by atoms with Crippen molar-refractivity contribution in [1.82, 2.24) is 14.9 Å². The van der Waals surface area contributed by atoms with E-state index in [0.717, 1.165) is 24.5 Å². The van der Waals surface area contributed by atoms with Crippen molar-refractivity contribution >= 4 is 11.0 Å². The minimum Gasteiger partial charge on any atom is -0.322 e. The molecule has 3 rings (SSSR count). The third-order valence-corrected chi connectivity index (χ3v) is 4.18. The van der Waals surface area contributed by atoms with Crippen LogP contribution in [0.25, 0.3) is 11.0 Å². The quantitative estimate of drug-likeness (QED) is 0.896. The maximum atomic E-state index is 4.92. The van der Waals surface area contributed by atoms with Crippen LogP contribution in [0.1, 0.15) is 39.4 Å². The summed E-state index contributed by atoms with van der Waals surface area (Å²) in [4.78, 5) is 4.92. The van der Waals surface area contributed by atoms with Gasteiger partial charge in [-0.25, -0.2) is 4.98 Å². The van der Waals surface area contributed by atoms with E-state index >= 15 is 0 Å². The molecular weight excluding hydrogens is 234 g/mol. The summed E-state index contributed by atoms with van der Waals surface area (Å²) >= 11 is 0. The molecule has 1 N–H and O–H groups in total. The smallest absolute Gasteiger partial charge is 0.113 e. The van der Waals surface area contributed by atoms with Crippen molar-refractivity contribution in [1.29, 1.82) is 0 Å². The number of nitrogens with one attached hydrogen (secondary N) is 1. The molecule has 102 valence electrons. The fourth-order valence-electron chi connectivity index (χ4n) is 2.93. The molecule has 0 aliphatic carbocycles. The lowest BCUT2D eigenvalue weighted by molar-refractivity contribution is 0.278. The average molecular weight is 257 g/mol. The standard InChI is InChI=1S/C16H23N3/c1-11(12-9-17-10-12)15-18-13-7-5-6-8-14(13)19(15)16(2,3)4/h5-8,11-12,17H,9-10H2,1-4H3. The highest BCUT2D eigenvalue weighted by Crippen LogP contribution is 2.33. The third kappa shape index (κ3) is 2.06. The van der Waals surface area contributed by atoms with E-state index in [1.807, 2.05) is 0 Å². The van der Waals surface area contributed by atoms with Crippen LogP contribution in [0.4, 0.5) is 0 Å². The van der Waals surface area contributed by atoms with Crippen LogP contribution in [0.3, 0.4) is 0 Å². The van der Waals surface area contributed by atoms with E-state index in [1.165, 1.54) is 11.3 Å². The molecule has 1 fully saturated rings. The first-order valence-corrected chi connectivity index (χ1v) is 7.17. The average Bonchev–Trinajstić information content (AvgIpc) is 2.64. The molecule has 1 aliphatic rings. The van der Waals surface area contributed by atoms with Gasteiger partial charge in [-0.2, -0.15) is 0 Å². The molecule has 0 radical (unpaired) electrons. The molecule has 1 aromatic heterocycles. The third-order valence-electron chi connectivity index (χ3n) is 4.18. The van der Waals surface area contributed by atoms with Crippen molar-refractivity contribution in [2.45, 2.75) is 39.2 Å². The Morgan fingerprint density at radius 1 is 1.26 bits per heavy atom. The van der Waals surface area contributed by atoms with Crippen LogP contribution in [0.15, 0.2) is 24.3 Å². The van der Waals surface area contributed by atoms with E-state index in [9.17, 15) is 0 Å². The van der Waals surface area contributed by atoms with Gasteiger partial charge >= 0.3 is 0 Å². The summed E-state index contributed by atoms with van der Waals surface area (Å²) in [5, 5.41) is 3.37. The molecule has 2 heterocycles. The Morgan fingerprint density at radius 3 is 2.53 bits per heavy atom. The predicted octanol–water partition coefficient (Wildman–Crippen LogP) is 3.11. The van der Waals surface area contributed by atoms with Gasteiger partial charge in [0, 0.05) is 11.5 Å². The Hall–Kier alpha value is -1.35. The zero-order chi connectivity index (χ0) is 13.6. The highest BCUT2D eigenvalue weighted by Gasteiger charge is 2.31. The second-order valence-electron chi connectivity index (χ2n) is 6.67. The van der Waals surface area contributed by atoms with Crippen LogP contribution in [0, 0.1) is 5.92 Å². The molecule has 0 amide bonds. The fourth-order valence-corrected chi connectivity index (χ4v) is 2.93. The van der Waals surface area contributed by atoms with Gasteiger partial charge < -0.3 is 9.88 Å². The summed E-state index contributed by atoms with van der Waals surface area (Å²) in [5.74, 6) is 2.46. The minimum absolute atomic E-state index is 0.0663. The SMILES string of the molecule is CC(c1nc2ccccc2n1C(C)(C)C)C1CNC1. The van der Waals surface area contributed by atoms with Crippen molar-refractivity contribution in [3.63, 3.8) is 0 Å². The van der Waals surface area contributed by atoms with Crippen molar-refractivity contribution in [3.8, 4) is 0 Å². The van der Waals surface area contributed by atoms with E-state index in [1.54, 1.807) is 0 Å². The highest BCUT2D eigenvalue weighted by molar-refractivity contribution is 5.76. The van der Waals surface area contributed by atoms with Gasteiger partial charge in [0.05, 0.1) is 11.0 Å². The molecule has 19 heavy (non-hydrogen) atoms. The van der Waals surface area contributed by atoms with Crippen molar-refractivity contribution in [2.75, 3.05) is 13.1 Å². The van der Waals surface area contributed by atoms with Gasteiger partial charge in [0.2, 0.25) is 0 Å². The summed E-state index contributed by atoms with van der Waals surface area (Å²) < 4.78 is 2.42. The van der Waals surface area contributed by atoms with E-state index in [-0.39, 0.29) is 5.54 Å². The molecule has 1 unspecified atom stereocenters. The Kier molecular flexibility index (Phi) is 2.90. The van der Waals surface area contributed by atoms with E-state index in [4.69, 9.17) is 4.98 Å². The Bertz CT molecular complexity index is 588. The highest BCUT2D eigenvalue weighted by atomic mass is 15.1. The first kappa shape index (κ1) is 12.7. The van der Waals surface area contributed by atoms with E-state index in [2.05, 4.69) is 61.8 Å². The number of hydrogen-bond donors (Lipinski definition) is 1. The number of para-hydroxylation sites is 2. The summed E-state index contributed by atoms with van der Waals surface area (Å²) in [6.07, 6.45) is 0. The molecule has 1 atom stereocenters. The maximum absolute atomic E-state index is 4.92. The number of imidazole rings is 1. The molecule has 1 aromatic carbocycles. The van der Waals surface area contributed by atoms with Gasteiger partial charge in [-0.15, -0.1) is 0 Å². The van der Waals surface area contributed by atoms with Gasteiger partial charge in [-0.1, -0.05) is 19.1 Å². The first-order valence-electron chi connectivity index (χ1n) is 7.17. The first-order chi connectivity index (χ1) is 8.98. The summed E-state index contributed by atoms with van der Waals surface area (Å²) in [6, 6.07) is 8.48. The molecule has 3 heteroatoms. The largest absolute Gasteiger partial charge is 0.322 e. The van der Waals surface area contributed by atoms with Crippen LogP contribution >= 0.6 is 0 Å². The molecule has 3 nitrogen and oxygen atoms in total. The predicted molar refractivity (Wildman–Crippen MR) is 79.5 cm³/mol. The molecule has 1 aliphatic heterocycles. The number of nitrogens with zero attached hydrogens (tertiary/aromatic N) is 2. The maximum Gasteiger partial charge on any atom is 0.113 e. The van der Waals surface area contributed by atoms with Gasteiger partial charge in [-0.05, 0) is 51.9 Å². The van der Waals surface area contributed by atoms with Gasteiger partial charge in [0.15, 0.2) is 0 Å². The molecule has 0 bridgehead atoms. The fraction of sp³-hybridized carbons (Fsp3) is 0.562. The van der Waals surface area contributed by atoms with Crippen LogP contribution in [-0.2, 0) is 5.54 Å². The Morgan fingerprint density at radius 2 is 1.95 bits per heavy atom. The van der Waals surface area contributed by atoms with Gasteiger partial charge in [-0.3, -0.25) is 0 Å². The second-order valence-corrected chi connectivity index (χ2v) is 6.67. The topological polar surface area (TPSA) is 29.9 Å². The number of benzene rings is 1. The molecule has 1 saturated heterocycles. The summed E-state index contributed by atoms with van der Waals surface area (Å²) in [7, 11) is 0. The van der Waals surface area contributed by atoms with E-state index in [0.29, 0.717) is 5.92 Å². The molecule has 2 aromatic rings. The lowest BCUT2D eigenvalue weighted by Gasteiger charge is -2.34. The number of fused-ring (bicyclic) bond motifs is 1. The minimum atomic E-state index is 0.0663. The second kappa shape index (κ2) is 4.34. The normalized spacial score (nSPS) is 18.5. The van der Waals surface area contributed by atoms with Gasteiger partial charge in [0.25, 0.3) is 0 Å². The molecule has 0 spiro atoms. The van der Waals surface area contributed by atoms with Crippen molar-refractivity contribution in [3.05, 3.63) is 30.1 Å².